The third kappa shape index (κ3) is 2.30. The third-order valence-electron chi connectivity index (χ3n) is 3.66. The van der Waals surface area contributed by atoms with E-state index in [1.807, 2.05) is 19.2 Å². The van der Waals surface area contributed by atoms with Crippen LogP contribution < -0.4 is 5.32 Å². The van der Waals surface area contributed by atoms with Gasteiger partial charge < -0.3 is 5.32 Å². The Labute approximate surface area is 131 Å². The van der Waals surface area contributed by atoms with Gasteiger partial charge in [-0.3, -0.25) is 0 Å². The fraction of sp³-hybridized carbons (Fsp3) is 0.188. The van der Waals surface area contributed by atoms with Gasteiger partial charge in [0.25, 0.3) is 0 Å². The van der Waals surface area contributed by atoms with Crippen molar-refractivity contribution in [3.8, 4) is 6.07 Å². The second-order valence-electron chi connectivity index (χ2n) is 5.11. The van der Waals surface area contributed by atoms with Gasteiger partial charge in [0.05, 0.1) is 11.6 Å². The van der Waals surface area contributed by atoms with Gasteiger partial charge >= 0.3 is 0 Å². The van der Waals surface area contributed by atoms with Gasteiger partial charge in [-0.15, -0.1) is 11.3 Å². The molecule has 22 heavy (non-hydrogen) atoms. The maximum atomic E-state index is 13.2. The summed E-state index contributed by atoms with van der Waals surface area (Å²) in [6.07, 6.45) is 1.71. The van der Waals surface area contributed by atoms with Crippen LogP contribution in [0.3, 0.4) is 0 Å². The van der Waals surface area contributed by atoms with Crippen LogP contribution in [0.5, 0.6) is 0 Å². The molecule has 0 saturated heterocycles. The van der Waals surface area contributed by atoms with Crippen molar-refractivity contribution in [2.24, 2.45) is 4.99 Å². The van der Waals surface area contributed by atoms with Gasteiger partial charge in [0.15, 0.2) is 10.8 Å². The molecule has 2 aromatic rings. The average molecular weight is 312 g/mol. The molecular weight excluding hydrogens is 299 g/mol. The number of benzene rings is 1. The van der Waals surface area contributed by atoms with E-state index in [2.05, 4.69) is 16.4 Å². The lowest BCUT2D eigenvalue weighted by molar-refractivity contribution is 0.576. The molecule has 1 aliphatic rings. The number of amidine groups is 1. The van der Waals surface area contributed by atoms with Crippen molar-refractivity contribution >= 4 is 17.2 Å². The molecule has 0 bridgehead atoms. The fourth-order valence-corrected chi connectivity index (χ4v) is 3.11. The number of rotatable bonds is 2. The lowest BCUT2D eigenvalue weighted by Crippen LogP contribution is -2.37. The van der Waals surface area contributed by atoms with E-state index >= 15 is 0 Å². The van der Waals surface area contributed by atoms with Crippen LogP contribution in [0.15, 0.2) is 52.1 Å². The molecule has 6 heteroatoms. The number of thiazole rings is 1. The molecule has 1 aliphatic heterocycles. The number of aromatic nitrogens is 1. The average Bonchev–Trinajstić information content (AvgIpc) is 3.01. The van der Waals surface area contributed by atoms with Crippen molar-refractivity contribution in [1.82, 2.24) is 10.3 Å². The van der Waals surface area contributed by atoms with Crippen molar-refractivity contribution in [3.63, 3.8) is 0 Å². The molecule has 0 saturated carbocycles. The minimum absolute atomic E-state index is 0.315. The van der Waals surface area contributed by atoms with Gasteiger partial charge in [0.1, 0.15) is 11.4 Å². The second kappa shape index (κ2) is 5.35. The van der Waals surface area contributed by atoms with Gasteiger partial charge in [-0.2, -0.15) is 5.26 Å². The Balaban J connectivity index is 2.17. The quantitative estimate of drug-likeness (QED) is 0.925. The highest BCUT2D eigenvalue weighted by molar-refractivity contribution is 7.11. The summed E-state index contributed by atoms with van der Waals surface area (Å²) in [6.45, 7) is 3.69. The highest BCUT2D eigenvalue weighted by Gasteiger charge is 2.37. The van der Waals surface area contributed by atoms with E-state index in [4.69, 9.17) is 4.99 Å². The number of halogens is 1. The molecule has 4 nitrogen and oxygen atoms in total. The van der Waals surface area contributed by atoms with E-state index in [-0.39, 0.29) is 5.82 Å². The van der Waals surface area contributed by atoms with Crippen LogP contribution in [0.4, 0.5) is 4.39 Å². The maximum absolute atomic E-state index is 13.2. The zero-order valence-corrected chi connectivity index (χ0v) is 12.9. The van der Waals surface area contributed by atoms with Gasteiger partial charge in [-0.05, 0) is 31.5 Å². The monoisotopic (exact) mass is 312 g/mol. The van der Waals surface area contributed by atoms with Crippen molar-refractivity contribution < 1.29 is 4.39 Å². The largest absolute Gasteiger partial charge is 0.341 e. The van der Waals surface area contributed by atoms with Gasteiger partial charge in [0, 0.05) is 17.3 Å². The molecule has 0 fully saturated rings. The van der Waals surface area contributed by atoms with Crippen LogP contribution in [0, 0.1) is 17.1 Å². The molecule has 0 spiro atoms. The number of hydrogen-bond acceptors (Lipinski definition) is 5. The predicted molar refractivity (Wildman–Crippen MR) is 83.9 cm³/mol. The Kier molecular flexibility index (Phi) is 3.51. The molecule has 2 heterocycles. The van der Waals surface area contributed by atoms with Crippen LogP contribution in [-0.4, -0.2) is 10.8 Å². The molecule has 110 valence electrons. The zero-order valence-electron chi connectivity index (χ0n) is 12.1. The SMILES string of the molecule is CC1=C(C#N)[C@](C)(c2ccc(F)cc2)N=C(c2nccs2)N1. The Morgan fingerprint density at radius 1 is 1.32 bits per heavy atom. The number of allylic oxidation sites excluding steroid dienone is 1. The molecule has 0 amide bonds. The highest BCUT2D eigenvalue weighted by atomic mass is 32.1. The van der Waals surface area contributed by atoms with Gasteiger partial charge in [0.2, 0.25) is 0 Å². The van der Waals surface area contributed by atoms with Crippen LogP contribution in [0.25, 0.3) is 0 Å². The fourth-order valence-electron chi connectivity index (χ4n) is 2.53. The zero-order chi connectivity index (χ0) is 15.7. The van der Waals surface area contributed by atoms with Crippen LogP contribution in [-0.2, 0) is 5.54 Å². The van der Waals surface area contributed by atoms with Crippen LogP contribution in [0.1, 0.15) is 24.4 Å². The summed E-state index contributed by atoms with van der Waals surface area (Å²) in [7, 11) is 0. The van der Waals surface area contributed by atoms with Crippen molar-refractivity contribution in [2.75, 3.05) is 0 Å². The van der Waals surface area contributed by atoms with Crippen LogP contribution in [0.2, 0.25) is 0 Å². The Morgan fingerprint density at radius 3 is 2.64 bits per heavy atom. The molecule has 1 atom stereocenters. The van der Waals surface area contributed by atoms with Crippen molar-refractivity contribution in [2.45, 2.75) is 19.4 Å². The minimum Gasteiger partial charge on any atom is -0.341 e. The van der Waals surface area contributed by atoms with E-state index < -0.39 is 5.54 Å². The first-order valence-corrected chi connectivity index (χ1v) is 7.57. The number of nitriles is 1. The number of hydrogen-bond donors (Lipinski definition) is 1. The van der Waals surface area contributed by atoms with Gasteiger partial charge in [-0.25, -0.2) is 14.4 Å². The van der Waals surface area contributed by atoms with Gasteiger partial charge in [-0.1, -0.05) is 12.1 Å². The summed E-state index contributed by atoms with van der Waals surface area (Å²) in [4.78, 5) is 8.97. The lowest BCUT2D eigenvalue weighted by Gasteiger charge is -2.32. The number of nitrogens with one attached hydrogen (secondary N) is 1. The Bertz CT molecular complexity index is 800. The smallest absolute Gasteiger partial charge is 0.163 e. The molecule has 0 unspecified atom stereocenters. The lowest BCUT2D eigenvalue weighted by atomic mass is 9.83. The minimum atomic E-state index is -0.862. The summed E-state index contributed by atoms with van der Waals surface area (Å²) in [5.41, 5.74) is 1.15. The van der Waals surface area contributed by atoms with E-state index in [9.17, 15) is 9.65 Å². The van der Waals surface area contributed by atoms with Crippen LogP contribution >= 0.6 is 11.3 Å². The molecule has 1 aromatic heterocycles. The summed E-state index contributed by atoms with van der Waals surface area (Å²) in [5, 5.41) is 15.3. The first-order valence-electron chi connectivity index (χ1n) is 6.69. The van der Waals surface area contributed by atoms with E-state index in [0.717, 1.165) is 16.3 Å². The van der Waals surface area contributed by atoms with E-state index in [1.165, 1.54) is 23.5 Å². The number of aliphatic imine (C=N–C) groups is 1. The van der Waals surface area contributed by atoms with E-state index in [0.29, 0.717) is 11.4 Å². The van der Waals surface area contributed by atoms with Crippen molar-refractivity contribution in [3.05, 3.63) is 63.5 Å². The third-order valence-corrected chi connectivity index (χ3v) is 4.44. The topological polar surface area (TPSA) is 61.1 Å². The highest BCUT2D eigenvalue weighted by Crippen LogP contribution is 2.37. The summed E-state index contributed by atoms with van der Waals surface area (Å²) in [6, 6.07) is 8.31. The van der Waals surface area contributed by atoms with E-state index in [1.54, 1.807) is 18.3 Å². The summed E-state index contributed by atoms with van der Waals surface area (Å²) in [5.74, 6) is 0.308. The Hall–Kier alpha value is -2.52. The summed E-state index contributed by atoms with van der Waals surface area (Å²) >= 11 is 1.47. The number of nitrogens with zero attached hydrogens (tertiary/aromatic N) is 3. The maximum Gasteiger partial charge on any atom is 0.163 e. The molecular formula is C16H13FN4S. The molecule has 1 aromatic carbocycles. The van der Waals surface area contributed by atoms with Crippen molar-refractivity contribution in [1.29, 1.82) is 5.26 Å². The summed E-state index contributed by atoms with van der Waals surface area (Å²) < 4.78 is 13.2. The predicted octanol–water partition coefficient (Wildman–Crippen LogP) is 3.34. The normalized spacial score (nSPS) is 21.1. The molecule has 0 aliphatic carbocycles. The molecule has 1 N–H and O–H groups in total. The first kappa shape index (κ1) is 14.4. The second-order valence-corrected chi connectivity index (χ2v) is 6.01. The first-order chi connectivity index (χ1) is 10.5. The molecule has 3 rings (SSSR count). The standard InChI is InChI=1S/C16H13FN4S/c1-10-13(9-18)16(2,11-3-5-12(17)6-4-11)21-14(20-10)15-19-7-8-22-15/h3-8H,1-2H3,(H,20,21)/t16-/m0/s1. The Morgan fingerprint density at radius 2 is 2.05 bits per heavy atom. The molecule has 0 radical (unpaired) electrons.